The summed E-state index contributed by atoms with van der Waals surface area (Å²) in [4.78, 5) is 25.6. The van der Waals surface area contributed by atoms with Crippen LogP contribution in [0.3, 0.4) is 0 Å². The van der Waals surface area contributed by atoms with E-state index in [2.05, 4.69) is 11.9 Å². The van der Waals surface area contributed by atoms with Crippen LogP contribution < -0.4 is 5.32 Å². The first-order chi connectivity index (χ1) is 10.6. The normalized spacial score (nSPS) is 15.2. The van der Waals surface area contributed by atoms with E-state index in [9.17, 15) is 9.59 Å². The maximum atomic E-state index is 12.2. The maximum absolute atomic E-state index is 12.2. The van der Waals surface area contributed by atoms with Crippen molar-refractivity contribution >= 4 is 12.0 Å². The van der Waals surface area contributed by atoms with Crippen molar-refractivity contribution in [2.75, 3.05) is 19.7 Å². The quantitative estimate of drug-likeness (QED) is 0.869. The average Bonchev–Trinajstić information content (AvgIpc) is 2.53. The van der Waals surface area contributed by atoms with E-state index in [4.69, 9.17) is 4.74 Å². The number of benzene rings is 1. The van der Waals surface area contributed by atoms with Crippen LogP contribution in [0.5, 0.6) is 0 Å². The maximum Gasteiger partial charge on any atom is 0.410 e. The van der Waals surface area contributed by atoms with E-state index >= 15 is 0 Å². The molecule has 0 aromatic heterocycles. The zero-order valence-corrected chi connectivity index (χ0v) is 12.9. The number of likely N-dealkylation sites (tertiary alicyclic amines) is 1. The van der Waals surface area contributed by atoms with Crippen LogP contribution in [0, 0.1) is 6.92 Å². The molecule has 1 N–H and O–H groups in total. The molecule has 2 amide bonds. The summed E-state index contributed by atoms with van der Waals surface area (Å²) in [5.74, 6) is -0.0589. The van der Waals surface area contributed by atoms with Crippen LogP contribution in [0.25, 0.3) is 0 Å². The Labute approximate surface area is 130 Å². The molecule has 2 rings (SSSR count). The summed E-state index contributed by atoms with van der Waals surface area (Å²) in [7, 11) is 0. The number of nitrogens with zero attached hydrogens (tertiary/aromatic N) is 1. The van der Waals surface area contributed by atoms with E-state index in [0.29, 0.717) is 18.7 Å². The molecule has 1 saturated heterocycles. The van der Waals surface area contributed by atoms with Crippen LogP contribution in [0.2, 0.25) is 0 Å². The van der Waals surface area contributed by atoms with Crippen molar-refractivity contribution in [1.29, 1.82) is 0 Å². The highest BCUT2D eigenvalue weighted by molar-refractivity contribution is 5.94. The van der Waals surface area contributed by atoms with E-state index in [0.717, 1.165) is 18.4 Å². The Morgan fingerprint density at radius 3 is 2.77 bits per heavy atom. The Kier molecular flexibility index (Phi) is 5.58. The molecule has 0 atom stereocenters. The molecule has 22 heavy (non-hydrogen) atoms. The fourth-order valence-electron chi connectivity index (χ4n) is 2.48. The highest BCUT2D eigenvalue weighted by Gasteiger charge is 2.24. The third kappa shape index (κ3) is 4.35. The van der Waals surface area contributed by atoms with E-state index in [1.807, 2.05) is 31.2 Å². The Hall–Kier alpha value is -2.30. The van der Waals surface area contributed by atoms with Crippen molar-refractivity contribution in [2.24, 2.45) is 0 Å². The summed E-state index contributed by atoms with van der Waals surface area (Å²) in [6.45, 7) is 6.89. The van der Waals surface area contributed by atoms with Gasteiger partial charge in [0.05, 0.1) is 0 Å². The van der Waals surface area contributed by atoms with Crippen LogP contribution in [0.1, 0.15) is 28.8 Å². The standard InChI is InChI=1S/C17H22N2O3/c1-3-11-22-17(21)19-9-7-15(8-10-19)18-16(20)14-6-4-5-13(2)12-14/h3-6,12,15H,1,7-11H2,2H3,(H,18,20). The highest BCUT2D eigenvalue weighted by Crippen LogP contribution is 2.13. The molecule has 0 radical (unpaired) electrons. The van der Waals surface area contributed by atoms with Crippen molar-refractivity contribution < 1.29 is 14.3 Å². The van der Waals surface area contributed by atoms with Crippen LogP contribution in [-0.4, -0.2) is 42.6 Å². The summed E-state index contributed by atoms with van der Waals surface area (Å²) in [6.07, 6.45) is 2.71. The predicted octanol–water partition coefficient (Wildman–Crippen LogP) is 2.51. The lowest BCUT2D eigenvalue weighted by Crippen LogP contribution is -2.46. The predicted molar refractivity (Wildman–Crippen MR) is 84.8 cm³/mol. The van der Waals surface area contributed by atoms with Gasteiger partial charge in [-0.25, -0.2) is 4.79 Å². The number of nitrogens with one attached hydrogen (secondary N) is 1. The number of carbonyl (C=O) groups excluding carboxylic acids is 2. The van der Waals surface area contributed by atoms with Crippen LogP contribution in [-0.2, 0) is 4.74 Å². The van der Waals surface area contributed by atoms with Gasteiger partial charge in [0.1, 0.15) is 6.61 Å². The molecule has 0 saturated carbocycles. The second kappa shape index (κ2) is 7.64. The molecule has 1 fully saturated rings. The van der Waals surface area contributed by atoms with Crippen LogP contribution in [0.4, 0.5) is 4.79 Å². The molecule has 118 valence electrons. The minimum Gasteiger partial charge on any atom is -0.445 e. The number of amides is 2. The summed E-state index contributed by atoms with van der Waals surface area (Å²) in [6, 6.07) is 7.62. The average molecular weight is 302 g/mol. The van der Waals surface area contributed by atoms with Crippen molar-refractivity contribution in [3.8, 4) is 0 Å². The third-order valence-electron chi connectivity index (χ3n) is 3.69. The first-order valence-corrected chi connectivity index (χ1v) is 7.50. The molecule has 1 aromatic rings. The van der Waals surface area contributed by atoms with Gasteiger partial charge in [-0.15, -0.1) is 0 Å². The zero-order chi connectivity index (χ0) is 15.9. The number of hydrogen-bond donors (Lipinski definition) is 1. The molecular weight excluding hydrogens is 280 g/mol. The fraction of sp³-hybridized carbons (Fsp3) is 0.412. The van der Waals surface area contributed by atoms with E-state index in [-0.39, 0.29) is 24.6 Å². The molecule has 1 aromatic carbocycles. The van der Waals surface area contributed by atoms with E-state index in [1.165, 1.54) is 0 Å². The number of piperidine rings is 1. The van der Waals surface area contributed by atoms with E-state index in [1.54, 1.807) is 11.0 Å². The van der Waals surface area contributed by atoms with Gasteiger partial charge in [0.2, 0.25) is 0 Å². The van der Waals surface area contributed by atoms with Gasteiger partial charge in [0.15, 0.2) is 0 Å². The second-order valence-corrected chi connectivity index (χ2v) is 5.47. The molecule has 5 nitrogen and oxygen atoms in total. The Morgan fingerprint density at radius 1 is 1.41 bits per heavy atom. The molecule has 1 aliphatic rings. The number of carbonyl (C=O) groups is 2. The number of ether oxygens (including phenoxy) is 1. The van der Waals surface area contributed by atoms with Gasteiger partial charge in [-0.05, 0) is 31.9 Å². The van der Waals surface area contributed by atoms with Crippen LogP contribution in [0.15, 0.2) is 36.9 Å². The molecule has 1 heterocycles. The molecule has 0 bridgehead atoms. The summed E-state index contributed by atoms with van der Waals surface area (Å²) in [5.41, 5.74) is 1.74. The fourth-order valence-corrected chi connectivity index (χ4v) is 2.48. The van der Waals surface area contributed by atoms with Gasteiger partial charge in [0, 0.05) is 24.7 Å². The minimum atomic E-state index is -0.316. The Balaban J connectivity index is 1.81. The number of hydrogen-bond acceptors (Lipinski definition) is 3. The van der Waals surface area contributed by atoms with Gasteiger partial charge in [-0.3, -0.25) is 4.79 Å². The van der Waals surface area contributed by atoms with Gasteiger partial charge in [-0.1, -0.05) is 30.4 Å². The first-order valence-electron chi connectivity index (χ1n) is 7.50. The third-order valence-corrected chi connectivity index (χ3v) is 3.69. The number of rotatable bonds is 4. The summed E-state index contributed by atoms with van der Waals surface area (Å²) in [5, 5.41) is 3.03. The largest absolute Gasteiger partial charge is 0.445 e. The molecule has 1 aliphatic heterocycles. The lowest BCUT2D eigenvalue weighted by Gasteiger charge is -2.31. The molecule has 0 unspecified atom stereocenters. The van der Waals surface area contributed by atoms with E-state index < -0.39 is 0 Å². The van der Waals surface area contributed by atoms with Crippen LogP contribution >= 0.6 is 0 Å². The first kappa shape index (κ1) is 16.1. The van der Waals surface area contributed by atoms with Gasteiger partial charge in [0.25, 0.3) is 5.91 Å². The lowest BCUT2D eigenvalue weighted by molar-refractivity contribution is 0.0874. The van der Waals surface area contributed by atoms with Crippen molar-refractivity contribution in [3.05, 3.63) is 48.0 Å². The highest BCUT2D eigenvalue weighted by atomic mass is 16.6. The topological polar surface area (TPSA) is 58.6 Å². The van der Waals surface area contributed by atoms with Crippen molar-refractivity contribution in [3.63, 3.8) is 0 Å². The zero-order valence-electron chi connectivity index (χ0n) is 12.9. The SMILES string of the molecule is C=CCOC(=O)N1CCC(NC(=O)c2cccc(C)c2)CC1. The smallest absolute Gasteiger partial charge is 0.410 e. The number of aryl methyl sites for hydroxylation is 1. The lowest BCUT2D eigenvalue weighted by atomic mass is 10.0. The summed E-state index contributed by atoms with van der Waals surface area (Å²) >= 11 is 0. The van der Waals surface area contributed by atoms with Crippen molar-refractivity contribution in [2.45, 2.75) is 25.8 Å². The van der Waals surface area contributed by atoms with Gasteiger partial charge >= 0.3 is 6.09 Å². The van der Waals surface area contributed by atoms with Crippen molar-refractivity contribution in [1.82, 2.24) is 10.2 Å². The Morgan fingerprint density at radius 2 is 2.14 bits per heavy atom. The van der Waals surface area contributed by atoms with Gasteiger partial charge < -0.3 is 15.0 Å². The minimum absolute atomic E-state index is 0.0589. The van der Waals surface area contributed by atoms with Gasteiger partial charge in [-0.2, -0.15) is 0 Å². The Bertz CT molecular complexity index is 549. The second-order valence-electron chi connectivity index (χ2n) is 5.47. The monoisotopic (exact) mass is 302 g/mol. The summed E-state index contributed by atoms with van der Waals surface area (Å²) < 4.78 is 5.01. The molecule has 5 heteroatoms. The molecule has 0 spiro atoms. The molecular formula is C17H22N2O3. The molecule has 0 aliphatic carbocycles.